The highest BCUT2D eigenvalue weighted by atomic mass is 16.7. The van der Waals surface area contributed by atoms with Crippen LogP contribution < -0.4 is 16.2 Å². The molecular formula is C23H41N3O12. The van der Waals surface area contributed by atoms with E-state index in [0.717, 1.165) is 0 Å². The summed E-state index contributed by atoms with van der Waals surface area (Å²) in [5, 5.41) is 2.63. The molecule has 0 bridgehead atoms. The number of esters is 3. The molecule has 1 fully saturated rings. The molecule has 0 aromatic carbocycles. The topological polar surface area (TPSA) is 178 Å². The van der Waals surface area contributed by atoms with Gasteiger partial charge in [0.2, 0.25) is 5.91 Å². The second kappa shape index (κ2) is 19.6. The summed E-state index contributed by atoms with van der Waals surface area (Å²) in [7, 11) is 1.78. The predicted octanol–water partition coefficient (Wildman–Crippen LogP) is -1.57. The van der Waals surface area contributed by atoms with Gasteiger partial charge < -0.3 is 43.2 Å². The molecule has 0 saturated carbocycles. The van der Waals surface area contributed by atoms with Crippen molar-refractivity contribution in [1.82, 2.24) is 16.2 Å². The number of hydrazine groups is 1. The number of hydrogen-bond acceptors (Lipinski definition) is 14. The van der Waals surface area contributed by atoms with E-state index in [-0.39, 0.29) is 19.8 Å². The zero-order valence-electron chi connectivity index (χ0n) is 22.6. The van der Waals surface area contributed by atoms with Crippen LogP contribution in [0, 0.1) is 0 Å². The van der Waals surface area contributed by atoms with Crippen molar-refractivity contribution in [2.24, 2.45) is 0 Å². The summed E-state index contributed by atoms with van der Waals surface area (Å²) in [6, 6.07) is -1.03. The molecule has 15 heteroatoms. The molecule has 1 rings (SSSR count). The molecule has 1 saturated heterocycles. The molecule has 38 heavy (non-hydrogen) atoms. The Kier molecular flexibility index (Phi) is 17.4. The predicted molar refractivity (Wildman–Crippen MR) is 129 cm³/mol. The van der Waals surface area contributed by atoms with E-state index in [2.05, 4.69) is 16.2 Å². The third-order valence-electron chi connectivity index (χ3n) is 4.87. The van der Waals surface area contributed by atoms with E-state index in [9.17, 15) is 19.2 Å². The minimum absolute atomic E-state index is 0.0492. The molecular weight excluding hydrogens is 510 g/mol. The molecule has 220 valence electrons. The number of rotatable bonds is 19. The molecule has 1 aliphatic rings. The second-order valence-corrected chi connectivity index (χ2v) is 8.10. The number of hydrogen-bond donors (Lipinski definition) is 3. The average molecular weight is 552 g/mol. The molecule has 15 nitrogen and oxygen atoms in total. The summed E-state index contributed by atoms with van der Waals surface area (Å²) in [6.45, 7) is 7.53. The second-order valence-electron chi connectivity index (χ2n) is 8.10. The Morgan fingerprint density at radius 1 is 0.737 bits per heavy atom. The maximum atomic E-state index is 11.9. The summed E-state index contributed by atoms with van der Waals surface area (Å²) in [5.74, 6) is -2.41. The van der Waals surface area contributed by atoms with Gasteiger partial charge in [-0.05, 0) is 7.05 Å². The molecule has 1 heterocycles. The van der Waals surface area contributed by atoms with Gasteiger partial charge in [-0.1, -0.05) is 0 Å². The van der Waals surface area contributed by atoms with Crippen molar-refractivity contribution in [3.63, 3.8) is 0 Å². The lowest BCUT2D eigenvalue weighted by Crippen LogP contribution is -2.66. The first-order valence-corrected chi connectivity index (χ1v) is 12.3. The van der Waals surface area contributed by atoms with Crippen LogP contribution in [0.5, 0.6) is 0 Å². The lowest BCUT2D eigenvalue weighted by molar-refractivity contribution is -0.279. The molecule has 0 radical (unpaired) electrons. The van der Waals surface area contributed by atoms with Crippen molar-refractivity contribution in [3.8, 4) is 0 Å². The molecule has 0 aromatic heterocycles. The maximum absolute atomic E-state index is 11.9. The Balaban J connectivity index is 2.65. The molecule has 0 spiro atoms. The molecule has 3 N–H and O–H groups in total. The van der Waals surface area contributed by atoms with Crippen LogP contribution in [0.3, 0.4) is 0 Å². The van der Waals surface area contributed by atoms with Gasteiger partial charge in [0, 0.05) is 34.2 Å². The van der Waals surface area contributed by atoms with Crippen molar-refractivity contribution in [1.29, 1.82) is 0 Å². The monoisotopic (exact) mass is 551 g/mol. The highest BCUT2D eigenvalue weighted by molar-refractivity contribution is 5.73. The number of ether oxygens (including phenoxy) is 8. The van der Waals surface area contributed by atoms with Crippen LogP contribution >= 0.6 is 0 Å². The standard InChI is InChI=1S/C23H41N3O12/c1-15(27)26-20-22(37-18(4)30)21(36-17(3)29)19(14-35-16(2)28)38-23(20)34-13-12-33-11-10-32-9-8-31-7-6-25-24-5/h19-25H,6-14H2,1-5H3,(H,26,27). The van der Waals surface area contributed by atoms with Crippen LogP contribution in [0.2, 0.25) is 0 Å². The fourth-order valence-electron chi connectivity index (χ4n) is 3.45. The van der Waals surface area contributed by atoms with Gasteiger partial charge in [0.25, 0.3) is 0 Å². The fourth-order valence-corrected chi connectivity index (χ4v) is 3.45. The Morgan fingerprint density at radius 2 is 1.29 bits per heavy atom. The Hall–Kier alpha value is -2.40. The lowest BCUT2D eigenvalue weighted by atomic mass is 9.96. The van der Waals surface area contributed by atoms with E-state index in [1.54, 1.807) is 7.05 Å². The largest absolute Gasteiger partial charge is 0.463 e. The fraction of sp³-hybridized carbons (Fsp3) is 0.826. The summed E-state index contributed by atoms with van der Waals surface area (Å²) >= 11 is 0. The first-order valence-electron chi connectivity index (χ1n) is 12.3. The molecule has 0 aliphatic carbocycles. The van der Waals surface area contributed by atoms with Crippen LogP contribution in [-0.2, 0) is 57.1 Å². The van der Waals surface area contributed by atoms with Crippen molar-refractivity contribution in [2.45, 2.75) is 58.3 Å². The van der Waals surface area contributed by atoms with E-state index in [1.165, 1.54) is 27.7 Å². The van der Waals surface area contributed by atoms with Crippen molar-refractivity contribution in [2.75, 3.05) is 66.4 Å². The van der Waals surface area contributed by atoms with Crippen molar-refractivity contribution < 1.29 is 57.1 Å². The Morgan fingerprint density at radius 3 is 1.82 bits per heavy atom. The van der Waals surface area contributed by atoms with Crippen LogP contribution in [0.1, 0.15) is 27.7 Å². The Labute approximate surface area is 222 Å². The van der Waals surface area contributed by atoms with Gasteiger partial charge in [0.15, 0.2) is 18.5 Å². The van der Waals surface area contributed by atoms with Gasteiger partial charge in [0.1, 0.15) is 18.8 Å². The highest BCUT2D eigenvalue weighted by Crippen LogP contribution is 2.28. The summed E-state index contributed by atoms with van der Waals surface area (Å²) in [4.78, 5) is 46.9. The zero-order chi connectivity index (χ0) is 28.3. The van der Waals surface area contributed by atoms with Crippen LogP contribution in [0.4, 0.5) is 0 Å². The maximum Gasteiger partial charge on any atom is 0.303 e. The van der Waals surface area contributed by atoms with Gasteiger partial charge >= 0.3 is 17.9 Å². The molecule has 1 amide bonds. The van der Waals surface area contributed by atoms with Gasteiger partial charge in [-0.25, -0.2) is 0 Å². The van der Waals surface area contributed by atoms with Crippen molar-refractivity contribution >= 4 is 23.8 Å². The third kappa shape index (κ3) is 14.5. The minimum atomic E-state index is -1.18. The number of carbonyl (C=O) groups is 4. The lowest BCUT2D eigenvalue weighted by Gasteiger charge is -2.44. The van der Waals surface area contributed by atoms with Crippen LogP contribution in [0.25, 0.3) is 0 Å². The molecule has 1 aliphatic heterocycles. The SMILES string of the molecule is CNNCCOCCOCCOCCOC1OC(COC(C)=O)C(OC(C)=O)C(OC(C)=O)C1NC(C)=O. The van der Waals surface area contributed by atoms with Crippen molar-refractivity contribution in [3.05, 3.63) is 0 Å². The van der Waals surface area contributed by atoms with Gasteiger partial charge in [-0.15, -0.1) is 0 Å². The number of carbonyl (C=O) groups excluding carboxylic acids is 4. The summed E-state index contributed by atoms with van der Waals surface area (Å²) < 4.78 is 43.8. The minimum Gasteiger partial charge on any atom is -0.463 e. The van der Waals surface area contributed by atoms with E-state index in [0.29, 0.717) is 39.6 Å². The zero-order valence-corrected chi connectivity index (χ0v) is 22.6. The highest BCUT2D eigenvalue weighted by Gasteiger charge is 2.51. The average Bonchev–Trinajstić information content (AvgIpc) is 2.83. The molecule has 0 aromatic rings. The van der Waals surface area contributed by atoms with E-state index >= 15 is 0 Å². The summed E-state index contributed by atoms with van der Waals surface area (Å²) in [5.41, 5.74) is 5.70. The molecule has 5 atom stereocenters. The Bertz CT molecular complexity index is 726. The molecule has 5 unspecified atom stereocenters. The normalized spacial score (nSPS) is 22.9. The first-order chi connectivity index (χ1) is 18.1. The number of nitrogens with one attached hydrogen (secondary N) is 3. The summed E-state index contributed by atoms with van der Waals surface area (Å²) in [6.07, 6.45) is -4.52. The van der Waals surface area contributed by atoms with E-state index in [4.69, 9.17) is 37.9 Å². The van der Waals surface area contributed by atoms with Gasteiger partial charge in [0.05, 0.1) is 46.2 Å². The van der Waals surface area contributed by atoms with Gasteiger partial charge in [-0.3, -0.25) is 30.0 Å². The van der Waals surface area contributed by atoms with Crippen LogP contribution in [-0.4, -0.2) is 121 Å². The first kappa shape index (κ1) is 33.6. The van der Waals surface area contributed by atoms with Crippen LogP contribution in [0.15, 0.2) is 0 Å². The third-order valence-corrected chi connectivity index (χ3v) is 4.87. The van der Waals surface area contributed by atoms with E-state index < -0.39 is 54.5 Å². The smallest absolute Gasteiger partial charge is 0.303 e. The quantitative estimate of drug-likeness (QED) is 0.0726. The van der Waals surface area contributed by atoms with E-state index in [1.807, 2.05) is 0 Å². The number of amides is 1. The van der Waals surface area contributed by atoms with Gasteiger partial charge in [-0.2, -0.15) is 0 Å².